The maximum Gasteiger partial charge on any atom is 0.377 e. The van der Waals surface area contributed by atoms with Crippen molar-refractivity contribution in [3.05, 3.63) is 23.8 Å². The molecule has 0 aliphatic heterocycles. The lowest BCUT2D eigenvalue weighted by Gasteiger charge is -1.98. The van der Waals surface area contributed by atoms with Gasteiger partial charge in [-0.25, -0.2) is 15.2 Å². The first kappa shape index (κ1) is 10.5. The fourth-order valence-corrected chi connectivity index (χ4v) is 2.17. The van der Waals surface area contributed by atoms with Crippen LogP contribution in [0.25, 0.3) is 10.2 Å². The molecule has 1 aromatic heterocycles. The number of anilines is 1. The summed E-state index contributed by atoms with van der Waals surface area (Å²) in [6.07, 6.45) is 0. The number of nitrogens with one attached hydrogen (secondary N) is 3. The maximum absolute atomic E-state index is 10.7. The quantitative estimate of drug-likeness (QED) is 0.552. The minimum atomic E-state index is -0.754. The van der Waals surface area contributed by atoms with Gasteiger partial charge < -0.3 is 0 Å². The highest BCUT2D eigenvalue weighted by Gasteiger charge is 2.05. The summed E-state index contributed by atoms with van der Waals surface area (Å²) in [5, 5.41) is 3.26. The largest absolute Gasteiger partial charge is 0.377 e. The molecule has 3 N–H and O–H groups in total. The van der Waals surface area contributed by atoms with E-state index in [4.69, 9.17) is 5.53 Å². The number of para-hydroxylation sites is 1. The Balaban J connectivity index is 2.23. The molecule has 0 saturated heterocycles. The zero-order chi connectivity index (χ0) is 11.5. The van der Waals surface area contributed by atoms with E-state index < -0.39 is 6.03 Å². The van der Waals surface area contributed by atoms with E-state index in [-0.39, 0.29) is 0 Å². The number of hydrogen-bond acceptors (Lipinski definition) is 5. The number of rotatable bonds is 2. The molecule has 0 atom stereocenters. The lowest BCUT2D eigenvalue weighted by molar-refractivity contribution is 0.249. The van der Waals surface area contributed by atoms with Crippen LogP contribution in [0.15, 0.2) is 23.3 Å². The molecule has 0 radical (unpaired) electrons. The van der Waals surface area contributed by atoms with Gasteiger partial charge in [-0.1, -0.05) is 28.6 Å². The minimum Gasteiger partial charge on any atom is -0.272 e. The topological polar surface area (TPSA) is 90.2 Å². The Morgan fingerprint density at radius 2 is 2.38 bits per heavy atom. The number of amides is 2. The standard InChI is InChI=1S/C9H9N5OS/c1-5-3-2-4-6-7(5)11-9(16-6)14-13-8(15)12-10/h2-4,10H,1H3,(H,11,14)(H,13,15). The van der Waals surface area contributed by atoms with Crippen LogP contribution in [-0.4, -0.2) is 11.0 Å². The number of fused-ring (bicyclic) bond motifs is 1. The number of carbonyl (C=O) groups excluding carboxylic acids is 1. The van der Waals surface area contributed by atoms with Crippen molar-refractivity contribution in [1.29, 1.82) is 5.53 Å². The second kappa shape index (κ2) is 4.23. The van der Waals surface area contributed by atoms with Crippen LogP contribution in [0, 0.1) is 12.5 Å². The van der Waals surface area contributed by atoms with Crippen LogP contribution in [0.5, 0.6) is 0 Å². The molecular weight excluding hydrogens is 226 g/mol. The van der Waals surface area contributed by atoms with Gasteiger partial charge in [-0.05, 0) is 18.6 Å². The Kier molecular flexibility index (Phi) is 2.78. The van der Waals surface area contributed by atoms with Crippen molar-refractivity contribution in [2.45, 2.75) is 6.92 Å². The number of urea groups is 1. The van der Waals surface area contributed by atoms with Gasteiger partial charge in [0.05, 0.1) is 10.2 Å². The molecule has 1 aromatic carbocycles. The predicted molar refractivity (Wildman–Crippen MR) is 61.7 cm³/mol. The van der Waals surface area contributed by atoms with E-state index in [1.807, 2.05) is 25.1 Å². The fourth-order valence-electron chi connectivity index (χ4n) is 1.27. The van der Waals surface area contributed by atoms with Crippen molar-refractivity contribution in [3.63, 3.8) is 0 Å². The Hall–Kier alpha value is -2.02. The van der Waals surface area contributed by atoms with Crippen molar-refractivity contribution in [1.82, 2.24) is 10.4 Å². The number of hydrazine groups is 1. The SMILES string of the molecule is Cc1cccc2sc(NNC(=O)N=N)nc12. The average Bonchev–Trinajstić information content (AvgIpc) is 2.70. The molecular formula is C9H9N5OS. The van der Waals surface area contributed by atoms with Crippen LogP contribution in [0.3, 0.4) is 0 Å². The third-order valence-corrected chi connectivity index (χ3v) is 2.93. The molecule has 82 valence electrons. The van der Waals surface area contributed by atoms with Crippen LogP contribution in [0.4, 0.5) is 9.93 Å². The fraction of sp³-hybridized carbons (Fsp3) is 0.111. The summed E-state index contributed by atoms with van der Waals surface area (Å²) < 4.78 is 1.04. The van der Waals surface area contributed by atoms with Crippen LogP contribution in [0.2, 0.25) is 0 Å². The number of benzene rings is 1. The lowest BCUT2D eigenvalue weighted by atomic mass is 10.2. The van der Waals surface area contributed by atoms with Crippen molar-refractivity contribution >= 4 is 32.7 Å². The molecule has 0 saturated carbocycles. The Morgan fingerprint density at radius 3 is 3.06 bits per heavy atom. The van der Waals surface area contributed by atoms with E-state index in [1.54, 1.807) is 0 Å². The zero-order valence-electron chi connectivity index (χ0n) is 8.44. The number of aromatic nitrogens is 1. The lowest BCUT2D eigenvalue weighted by Crippen LogP contribution is -2.25. The first-order chi connectivity index (χ1) is 7.70. The van der Waals surface area contributed by atoms with Gasteiger partial charge in [-0.2, -0.15) is 5.53 Å². The first-order valence-electron chi connectivity index (χ1n) is 4.50. The van der Waals surface area contributed by atoms with Gasteiger partial charge in [0.15, 0.2) is 0 Å². The van der Waals surface area contributed by atoms with Crippen molar-refractivity contribution in [2.24, 2.45) is 5.11 Å². The Morgan fingerprint density at radius 1 is 1.56 bits per heavy atom. The number of thiazole rings is 1. The highest BCUT2D eigenvalue weighted by Crippen LogP contribution is 2.27. The van der Waals surface area contributed by atoms with Gasteiger partial charge in [-0.3, -0.25) is 5.43 Å². The van der Waals surface area contributed by atoms with E-state index in [1.165, 1.54) is 11.3 Å². The molecule has 0 fully saturated rings. The Labute approximate surface area is 95.2 Å². The molecule has 2 aromatic rings. The van der Waals surface area contributed by atoms with E-state index >= 15 is 0 Å². The van der Waals surface area contributed by atoms with E-state index in [0.29, 0.717) is 5.13 Å². The van der Waals surface area contributed by atoms with E-state index in [9.17, 15) is 4.79 Å². The Bertz CT molecular complexity index is 550. The first-order valence-corrected chi connectivity index (χ1v) is 5.32. The minimum absolute atomic E-state index is 0.571. The van der Waals surface area contributed by atoms with Gasteiger partial charge >= 0.3 is 6.03 Å². The summed E-state index contributed by atoms with van der Waals surface area (Å²) in [5.74, 6) is 0. The molecule has 2 amide bonds. The summed E-state index contributed by atoms with van der Waals surface area (Å²) in [5.41, 5.74) is 13.3. The molecule has 0 aliphatic rings. The third-order valence-electron chi connectivity index (χ3n) is 2.00. The van der Waals surface area contributed by atoms with Gasteiger partial charge in [0.25, 0.3) is 0 Å². The highest BCUT2D eigenvalue weighted by molar-refractivity contribution is 7.22. The second-order valence-electron chi connectivity index (χ2n) is 3.11. The van der Waals surface area contributed by atoms with Gasteiger partial charge in [0, 0.05) is 0 Å². The summed E-state index contributed by atoms with van der Waals surface area (Å²) in [6, 6.07) is 5.14. The van der Waals surface area contributed by atoms with Gasteiger partial charge in [0.1, 0.15) is 0 Å². The number of hydrogen-bond donors (Lipinski definition) is 3. The molecule has 2 rings (SSSR count). The van der Waals surface area contributed by atoms with Gasteiger partial charge in [-0.15, -0.1) is 0 Å². The van der Waals surface area contributed by atoms with E-state index in [0.717, 1.165) is 15.8 Å². The molecule has 16 heavy (non-hydrogen) atoms. The molecule has 6 nitrogen and oxygen atoms in total. The molecule has 0 spiro atoms. The van der Waals surface area contributed by atoms with Crippen LogP contribution >= 0.6 is 11.3 Å². The number of carbonyl (C=O) groups is 1. The summed E-state index contributed by atoms with van der Waals surface area (Å²) in [7, 11) is 0. The zero-order valence-corrected chi connectivity index (χ0v) is 9.26. The predicted octanol–water partition coefficient (Wildman–Crippen LogP) is 2.67. The smallest absolute Gasteiger partial charge is 0.272 e. The van der Waals surface area contributed by atoms with Crippen molar-refractivity contribution in [3.8, 4) is 0 Å². The monoisotopic (exact) mass is 235 g/mol. The summed E-state index contributed by atoms with van der Waals surface area (Å²) in [4.78, 5) is 15.0. The number of aryl methyl sites for hydroxylation is 1. The highest BCUT2D eigenvalue weighted by atomic mass is 32.1. The normalized spacial score (nSPS) is 10.1. The third kappa shape index (κ3) is 1.98. The van der Waals surface area contributed by atoms with Crippen molar-refractivity contribution < 1.29 is 4.79 Å². The molecule has 0 aliphatic carbocycles. The molecule has 0 bridgehead atoms. The van der Waals surface area contributed by atoms with Crippen LogP contribution < -0.4 is 10.9 Å². The average molecular weight is 235 g/mol. The van der Waals surface area contributed by atoms with Gasteiger partial charge in [0.2, 0.25) is 5.13 Å². The van der Waals surface area contributed by atoms with Crippen LogP contribution in [-0.2, 0) is 0 Å². The summed E-state index contributed by atoms with van der Waals surface area (Å²) >= 11 is 1.42. The number of nitrogens with zero attached hydrogens (tertiary/aromatic N) is 2. The van der Waals surface area contributed by atoms with E-state index in [2.05, 4.69) is 20.9 Å². The maximum atomic E-state index is 10.7. The molecule has 1 heterocycles. The second-order valence-corrected chi connectivity index (χ2v) is 4.14. The molecule has 0 unspecified atom stereocenters. The summed E-state index contributed by atoms with van der Waals surface area (Å²) in [6.45, 7) is 1.98. The van der Waals surface area contributed by atoms with Crippen LogP contribution in [0.1, 0.15) is 5.56 Å². The molecule has 7 heteroatoms. The van der Waals surface area contributed by atoms with Crippen molar-refractivity contribution in [2.75, 3.05) is 5.43 Å².